The summed E-state index contributed by atoms with van der Waals surface area (Å²) in [6, 6.07) is 15.8. The van der Waals surface area contributed by atoms with Crippen molar-refractivity contribution in [1.29, 1.82) is 0 Å². The number of hydrogen-bond donors (Lipinski definition) is 1. The fourth-order valence-corrected chi connectivity index (χ4v) is 3.68. The van der Waals surface area contributed by atoms with Crippen LogP contribution in [0.15, 0.2) is 48.5 Å². The van der Waals surface area contributed by atoms with E-state index in [1.54, 1.807) is 4.68 Å². The van der Waals surface area contributed by atoms with Gasteiger partial charge in [0.05, 0.1) is 18.3 Å². The van der Waals surface area contributed by atoms with Crippen molar-refractivity contribution in [2.75, 3.05) is 6.61 Å². The molecule has 0 saturated carbocycles. The first-order valence-electron chi connectivity index (χ1n) is 9.20. The summed E-state index contributed by atoms with van der Waals surface area (Å²) in [4.78, 5) is 12.9. The molecule has 0 radical (unpaired) electrons. The van der Waals surface area contributed by atoms with Gasteiger partial charge in [-0.25, -0.2) is 4.68 Å². The molecule has 1 aliphatic heterocycles. The minimum absolute atomic E-state index is 0.0676. The summed E-state index contributed by atoms with van der Waals surface area (Å²) in [5.41, 5.74) is 5.61. The molecule has 1 N–H and O–H groups in total. The number of nitrogens with zero attached hydrogens (tertiary/aromatic N) is 2. The van der Waals surface area contributed by atoms with Gasteiger partial charge in [-0.05, 0) is 44.5 Å². The number of hydrogen-bond acceptors (Lipinski definition) is 3. The number of aromatic nitrogens is 2. The molecule has 1 aliphatic rings. The Labute approximate surface area is 159 Å². The van der Waals surface area contributed by atoms with Crippen LogP contribution in [0.4, 0.5) is 0 Å². The molecule has 0 spiro atoms. The van der Waals surface area contributed by atoms with Gasteiger partial charge in [0.2, 0.25) is 0 Å². The molecule has 1 unspecified atom stereocenters. The van der Waals surface area contributed by atoms with Crippen molar-refractivity contribution in [2.24, 2.45) is 0 Å². The SMILES string of the molecule is Cc1cc(C)c2c(c1)C(NC(=O)c1cc(C)n(-c3ccccc3)n1)CCO2. The molecule has 1 atom stereocenters. The first-order chi connectivity index (χ1) is 13.0. The highest BCUT2D eigenvalue weighted by Gasteiger charge is 2.26. The molecule has 0 saturated heterocycles. The van der Waals surface area contributed by atoms with Crippen LogP contribution in [0.2, 0.25) is 0 Å². The summed E-state index contributed by atoms with van der Waals surface area (Å²) < 4.78 is 7.63. The van der Waals surface area contributed by atoms with Crippen molar-refractivity contribution in [3.05, 3.63) is 76.6 Å². The third-order valence-corrected chi connectivity index (χ3v) is 4.90. The van der Waals surface area contributed by atoms with Crippen molar-refractivity contribution in [3.63, 3.8) is 0 Å². The van der Waals surface area contributed by atoms with Gasteiger partial charge in [-0.15, -0.1) is 0 Å². The molecule has 2 heterocycles. The van der Waals surface area contributed by atoms with Crippen LogP contribution in [-0.2, 0) is 0 Å². The van der Waals surface area contributed by atoms with Gasteiger partial charge in [0.1, 0.15) is 5.75 Å². The number of amides is 1. The van der Waals surface area contributed by atoms with E-state index in [-0.39, 0.29) is 11.9 Å². The van der Waals surface area contributed by atoms with E-state index in [1.165, 1.54) is 5.56 Å². The second kappa shape index (κ2) is 6.91. The fraction of sp³-hybridized carbons (Fsp3) is 0.273. The maximum atomic E-state index is 12.9. The normalized spacial score (nSPS) is 15.7. The Morgan fingerprint density at radius 2 is 1.93 bits per heavy atom. The lowest BCUT2D eigenvalue weighted by molar-refractivity contribution is 0.0919. The van der Waals surface area contributed by atoms with E-state index < -0.39 is 0 Å². The standard InChI is InChI=1S/C22H23N3O2/c1-14-11-15(2)21-18(12-14)19(9-10-27-21)23-22(26)20-13-16(3)25(24-20)17-7-5-4-6-8-17/h4-8,11-13,19H,9-10H2,1-3H3,(H,23,26). The van der Waals surface area contributed by atoms with E-state index in [9.17, 15) is 4.79 Å². The highest BCUT2D eigenvalue weighted by molar-refractivity contribution is 5.92. The van der Waals surface area contributed by atoms with Gasteiger partial charge in [0.25, 0.3) is 5.91 Å². The largest absolute Gasteiger partial charge is 0.493 e. The number of carbonyl (C=O) groups is 1. The molecule has 1 amide bonds. The second-order valence-corrected chi connectivity index (χ2v) is 7.08. The molecule has 2 aromatic carbocycles. The van der Waals surface area contributed by atoms with Crippen LogP contribution in [0.1, 0.15) is 45.3 Å². The van der Waals surface area contributed by atoms with E-state index in [0.717, 1.165) is 34.7 Å². The van der Waals surface area contributed by atoms with Gasteiger partial charge in [0.15, 0.2) is 5.69 Å². The van der Waals surface area contributed by atoms with Crippen LogP contribution in [0.3, 0.4) is 0 Å². The number of nitrogens with one attached hydrogen (secondary N) is 1. The maximum Gasteiger partial charge on any atom is 0.272 e. The third kappa shape index (κ3) is 3.33. The minimum atomic E-state index is -0.162. The van der Waals surface area contributed by atoms with Crippen molar-refractivity contribution >= 4 is 5.91 Å². The van der Waals surface area contributed by atoms with Gasteiger partial charge >= 0.3 is 0 Å². The molecule has 4 rings (SSSR count). The van der Waals surface area contributed by atoms with E-state index in [1.807, 2.05) is 50.2 Å². The van der Waals surface area contributed by atoms with Crippen LogP contribution in [0.5, 0.6) is 5.75 Å². The topological polar surface area (TPSA) is 56.2 Å². The summed E-state index contributed by atoms with van der Waals surface area (Å²) in [6.07, 6.45) is 0.750. The molecule has 0 bridgehead atoms. The van der Waals surface area contributed by atoms with E-state index in [2.05, 4.69) is 29.5 Å². The average molecular weight is 361 g/mol. The maximum absolute atomic E-state index is 12.9. The van der Waals surface area contributed by atoms with E-state index in [0.29, 0.717) is 12.3 Å². The Morgan fingerprint density at radius 3 is 2.70 bits per heavy atom. The molecule has 27 heavy (non-hydrogen) atoms. The smallest absolute Gasteiger partial charge is 0.272 e. The molecule has 138 valence electrons. The number of para-hydroxylation sites is 1. The second-order valence-electron chi connectivity index (χ2n) is 7.08. The summed E-state index contributed by atoms with van der Waals surface area (Å²) in [5.74, 6) is 0.730. The van der Waals surface area contributed by atoms with E-state index >= 15 is 0 Å². The average Bonchev–Trinajstić information content (AvgIpc) is 3.05. The lowest BCUT2D eigenvalue weighted by Crippen LogP contribution is -2.32. The van der Waals surface area contributed by atoms with Gasteiger partial charge in [-0.1, -0.05) is 35.9 Å². The molecular formula is C22H23N3O2. The molecule has 5 nitrogen and oxygen atoms in total. The zero-order chi connectivity index (χ0) is 19.0. The van der Waals surface area contributed by atoms with Crippen LogP contribution in [0, 0.1) is 20.8 Å². The monoisotopic (exact) mass is 361 g/mol. The number of rotatable bonds is 3. The molecular weight excluding hydrogens is 338 g/mol. The molecule has 3 aromatic rings. The zero-order valence-electron chi connectivity index (χ0n) is 15.8. The summed E-state index contributed by atoms with van der Waals surface area (Å²) in [6.45, 7) is 6.65. The predicted molar refractivity (Wildman–Crippen MR) is 105 cm³/mol. The fourth-order valence-electron chi connectivity index (χ4n) is 3.68. The summed E-state index contributed by atoms with van der Waals surface area (Å²) in [7, 11) is 0. The molecule has 1 aromatic heterocycles. The van der Waals surface area contributed by atoms with Crippen molar-refractivity contribution < 1.29 is 9.53 Å². The first-order valence-corrected chi connectivity index (χ1v) is 9.20. The highest BCUT2D eigenvalue weighted by atomic mass is 16.5. The van der Waals surface area contributed by atoms with Crippen molar-refractivity contribution in [3.8, 4) is 11.4 Å². The lowest BCUT2D eigenvalue weighted by Gasteiger charge is -2.28. The first kappa shape index (κ1) is 17.3. The Hall–Kier alpha value is -3.08. The Kier molecular flexibility index (Phi) is 4.44. The quantitative estimate of drug-likeness (QED) is 0.766. The Balaban J connectivity index is 1.60. The van der Waals surface area contributed by atoms with E-state index in [4.69, 9.17) is 4.74 Å². The van der Waals surface area contributed by atoms with Crippen LogP contribution < -0.4 is 10.1 Å². The molecule has 5 heteroatoms. The number of fused-ring (bicyclic) bond motifs is 1. The van der Waals surface area contributed by atoms with Crippen LogP contribution in [0.25, 0.3) is 5.69 Å². The van der Waals surface area contributed by atoms with Gasteiger partial charge in [-0.3, -0.25) is 4.79 Å². The van der Waals surface area contributed by atoms with Gasteiger partial charge < -0.3 is 10.1 Å². The predicted octanol–water partition coefficient (Wildman–Crippen LogP) is 4.05. The number of benzene rings is 2. The Bertz CT molecular complexity index is 992. The van der Waals surface area contributed by atoms with Crippen LogP contribution in [-0.4, -0.2) is 22.3 Å². The number of carbonyl (C=O) groups excluding carboxylic acids is 1. The molecule has 0 fully saturated rings. The highest BCUT2D eigenvalue weighted by Crippen LogP contribution is 2.35. The number of aryl methyl sites for hydroxylation is 3. The molecule has 0 aliphatic carbocycles. The summed E-state index contributed by atoms with van der Waals surface area (Å²) >= 11 is 0. The third-order valence-electron chi connectivity index (χ3n) is 4.90. The zero-order valence-corrected chi connectivity index (χ0v) is 15.8. The van der Waals surface area contributed by atoms with Gasteiger partial charge in [0, 0.05) is 17.7 Å². The van der Waals surface area contributed by atoms with Crippen molar-refractivity contribution in [1.82, 2.24) is 15.1 Å². The number of ether oxygens (including phenoxy) is 1. The Morgan fingerprint density at radius 1 is 1.15 bits per heavy atom. The summed E-state index contributed by atoms with van der Waals surface area (Å²) in [5, 5.41) is 7.65. The lowest BCUT2D eigenvalue weighted by atomic mass is 9.95. The van der Waals surface area contributed by atoms with Crippen LogP contribution >= 0.6 is 0 Å². The van der Waals surface area contributed by atoms with Gasteiger partial charge in [-0.2, -0.15) is 5.10 Å². The van der Waals surface area contributed by atoms with Crippen molar-refractivity contribution in [2.45, 2.75) is 33.2 Å². The minimum Gasteiger partial charge on any atom is -0.493 e.